The van der Waals surface area contributed by atoms with Crippen LogP contribution in [0.1, 0.15) is 43.2 Å². The number of benzene rings is 9. The zero-order valence-corrected chi connectivity index (χ0v) is 38.7. The minimum Gasteiger partial charge on any atom is -0.456 e. The molecule has 0 N–H and O–H groups in total. The second-order valence-electron chi connectivity index (χ2n) is 20.4. The third-order valence-corrected chi connectivity index (χ3v) is 16.7. The highest BCUT2D eigenvalue weighted by atomic mass is 16.3. The fraction of sp³-hybridized carbons (Fsp3) is 0.154. The molecule has 5 aliphatic rings. The molecule has 1 spiro atoms. The molecule has 5 heteroatoms. The highest BCUT2D eigenvalue weighted by Gasteiger charge is 2.61. The Morgan fingerprint density at radius 2 is 0.914 bits per heavy atom. The lowest BCUT2D eigenvalue weighted by molar-refractivity contribution is -0.0419. The first-order valence-electron chi connectivity index (χ1n) is 25.1. The van der Waals surface area contributed by atoms with Crippen LogP contribution in [0, 0.1) is 23.7 Å². The van der Waals surface area contributed by atoms with Crippen molar-refractivity contribution in [2.75, 3.05) is 4.90 Å². The van der Waals surface area contributed by atoms with Crippen molar-refractivity contribution in [3.8, 4) is 56.4 Å². The predicted octanol–water partition coefficient (Wildman–Crippen LogP) is 16.8. The summed E-state index contributed by atoms with van der Waals surface area (Å²) in [4.78, 5) is 18.2. The fourth-order valence-electron chi connectivity index (χ4n) is 14.0. The van der Waals surface area contributed by atoms with Crippen LogP contribution in [0.25, 0.3) is 89.1 Å². The number of anilines is 3. The molecule has 334 valence electrons. The van der Waals surface area contributed by atoms with E-state index in [9.17, 15) is 0 Å². The zero-order valence-electron chi connectivity index (χ0n) is 38.7. The summed E-state index contributed by atoms with van der Waals surface area (Å²) < 4.78 is 6.13. The Kier molecular flexibility index (Phi) is 8.77. The Bertz CT molecular complexity index is 3830. The van der Waals surface area contributed by atoms with E-state index in [1.54, 1.807) is 0 Å². The van der Waals surface area contributed by atoms with Crippen LogP contribution in [-0.2, 0) is 5.41 Å². The van der Waals surface area contributed by atoms with Crippen molar-refractivity contribution in [3.63, 3.8) is 0 Å². The Morgan fingerprint density at radius 3 is 1.67 bits per heavy atom. The van der Waals surface area contributed by atoms with E-state index < -0.39 is 0 Å². The van der Waals surface area contributed by atoms with E-state index in [0.29, 0.717) is 29.3 Å². The summed E-state index contributed by atoms with van der Waals surface area (Å²) in [5.74, 6) is 4.93. The van der Waals surface area contributed by atoms with Gasteiger partial charge in [-0.3, -0.25) is 0 Å². The van der Waals surface area contributed by atoms with Crippen LogP contribution in [0.4, 0.5) is 17.1 Å². The van der Waals surface area contributed by atoms with Gasteiger partial charge < -0.3 is 9.32 Å². The van der Waals surface area contributed by atoms with Gasteiger partial charge in [0.25, 0.3) is 0 Å². The minimum absolute atomic E-state index is 0.0218. The highest BCUT2D eigenvalue weighted by Crippen LogP contribution is 2.69. The van der Waals surface area contributed by atoms with Crippen molar-refractivity contribution in [1.82, 2.24) is 15.0 Å². The normalized spacial score (nSPS) is 20.9. The summed E-state index contributed by atoms with van der Waals surface area (Å²) in [6, 6.07) is 74.7. The molecule has 16 rings (SSSR count). The number of para-hydroxylation sites is 3. The number of rotatable bonds is 6. The monoisotopic (exact) mass is 900 g/mol. The Morgan fingerprint density at radius 1 is 0.371 bits per heavy atom. The summed E-state index contributed by atoms with van der Waals surface area (Å²) in [6.45, 7) is 0. The van der Waals surface area contributed by atoms with Crippen molar-refractivity contribution in [2.24, 2.45) is 23.7 Å². The Labute approximate surface area is 407 Å². The van der Waals surface area contributed by atoms with E-state index in [2.05, 4.69) is 181 Å². The van der Waals surface area contributed by atoms with Crippen LogP contribution in [-0.4, -0.2) is 15.0 Å². The third-order valence-electron chi connectivity index (χ3n) is 16.7. The average Bonchev–Trinajstić information content (AvgIpc) is 3.80. The van der Waals surface area contributed by atoms with Crippen LogP contribution >= 0.6 is 0 Å². The van der Waals surface area contributed by atoms with Crippen LogP contribution in [0.3, 0.4) is 0 Å². The van der Waals surface area contributed by atoms with Crippen molar-refractivity contribution >= 4 is 49.8 Å². The first-order chi connectivity index (χ1) is 34.6. The molecule has 4 fully saturated rings. The van der Waals surface area contributed by atoms with Gasteiger partial charge in [-0.25, -0.2) is 15.0 Å². The molecule has 4 saturated carbocycles. The maximum atomic E-state index is 6.13. The van der Waals surface area contributed by atoms with Crippen molar-refractivity contribution in [2.45, 2.75) is 37.5 Å². The summed E-state index contributed by atoms with van der Waals surface area (Å²) in [7, 11) is 0. The standard InChI is InChI=1S/C65H48N4O/c1-3-13-43(14-4-1)62-66-63(44-25-23-42(24-26-44)45-28-32-61-55(38-45)53-19-9-12-22-60(53)70-61)68-64(67-62)54-30-29-50(51-17-7-8-18-52(51)54)46-27-31-59-57(39-46)65(47-34-40-33-41(36-47)37-48(65)35-40)56-20-10-11-21-58(56)69(59)49-15-5-2-6-16-49/h1-32,38-41,47-48H,33-37H2. The lowest BCUT2D eigenvalue weighted by Gasteiger charge is -2.64. The fourth-order valence-corrected chi connectivity index (χ4v) is 14.0. The lowest BCUT2D eigenvalue weighted by atomic mass is 9.41. The molecule has 4 bridgehead atoms. The van der Waals surface area contributed by atoms with Gasteiger partial charge in [-0.15, -0.1) is 0 Å². The second kappa shape index (κ2) is 15.4. The zero-order chi connectivity index (χ0) is 45.9. The Hall–Kier alpha value is -8.15. The Balaban J connectivity index is 0.862. The number of furan rings is 1. The molecule has 0 amide bonds. The van der Waals surface area contributed by atoms with Gasteiger partial charge in [0.15, 0.2) is 17.5 Å². The van der Waals surface area contributed by atoms with E-state index in [4.69, 9.17) is 19.4 Å². The summed E-state index contributed by atoms with van der Waals surface area (Å²) in [6.07, 6.45) is 6.75. The van der Waals surface area contributed by atoms with E-state index >= 15 is 0 Å². The largest absolute Gasteiger partial charge is 0.456 e. The number of fused-ring (bicyclic) bond motifs is 6. The summed E-state index contributed by atoms with van der Waals surface area (Å²) >= 11 is 0. The average molecular weight is 901 g/mol. The highest BCUT2D eigenvalue weighted by molar-refractivity contribution is 6.07. The van der Waals surface area contributed by atoms with E-state index in [-0.39, 0.29) is 5.41 Å². The van der Waals surface area contributed by atoms with Crippen LogP contribution < -0.4 is 4.90 Å². The van der Waals surface area contributed by atoms with Gasteiger partial charge in [0, 0.05) is 38.6 Å². The molecule has 0 unspecified atom stereocenters. The first-order valence-corrected chi connectivity index (χ1v) is 25.1. The van der Waals surface area contributed by atoms with Crippen LogP contribution in [0.5, 0.6) is 0 Å². The number of hydrogen-bond acceptors (Lipinski definition) is 5. The minimum atomic E-state index is -0.0218. The molecule has 9 aromatic carbocycles. The molecule has 3 heterocycles. The van der Waals surface area contributed by atoms with E-state index in [1.165, 1.54) is 76.8 Å². The molecular formula is C65H48N4O. The van der Waals surface area contributed by atoms with Gasteiger partial charge in [0.05, 0.1) is 11.4 Å². The molecule has 70 heavy (non-hydrogen) atoms. The molecule has 0 atom stereocenters. The predicted molar refractivity (Wildman–Crippen MR) is 284 cm³/mol. The topological polar surface area (TPSA) is 55.1 Å². The quantitative estimate of drug-likeness (QED) is 0.166. The van der Waals surface area contributed by atoms with Crippen molar-refractivity contribution in [3.05, 3.63) is 217 Å². The maximum Gasteiger partial charge on any atom is 0.164 e. The number of nitrogens with zero attached hydrogens (tertiary/aromatic N) is 4. The van der Waals surface area contributed by atoms with Gasteiger partial charge in [-0.2, -0.15) is 0 Å². The van der Waals surface area contributed by atoms with Gasteiger partial charge >= 0.3 is 0 Å². The van der Waals surface area contributed by atoms with Gasteiger partial charge in [0.1, 0.15) is 11.2 Å². The molecular weight excluding hydrogens is 853 g/mol. The van der Waals surface area contributed by atoms with E-state index in [0.717, 1.165) is 67.0 Å². The van der Waals surface area contributed by atoms with Crippen molar-refractivity contribution in [1.29, 1.82) is 0 Å². The molecule has 2 aromatic heterocycles. The number of aromatic nitrogens is 3. The number of hydrogen-bond donors (Lipinski definition) is 0. The maximum absolute atomic E-state index is 6.13. The summed E-state index contributed by atoms with van der Waals surface area (Å²) in [5, 5.41) is 4.54. The smallest absolute Gasteiger partial charge is 0.164 e. The van der Waals surface area contributed by atoms with Crippen LogP contribution in [0.2, 0.25) is 0 Å². The first kappa shape index (κ1) is 39.8. The third kappa shape index (κ3) is 6.00. The summed E-state index contributed by atoms with van der Waals surface area (Å²) in [5.41, 5.74) is 16.3. The lowest BCUT2D eigenvalue weighted by Crippen LogP contribution is -2.57. The van der Waals surface area contributed by atoms with Crippen LogP contribution in [0.15, 0.2) is 211 Å². The molecule has 1 aliphatic heterocycles. The molecule has 0 saturated heterocycles. The SMILES string of the molecule is c1ccc(-c2nc(-c3ccc(-c4ccc5oc6ccccc6c5c4)cc3)nc(-c3ccc(-c4ccc5c(c4)C4(c6ccccc6N5c5ccccc5)C5CC6CC(C5)CC4C6)c4ccccc34)n2)cc1. The molecule has 11 aromatic rings. The molecule has 0 radical (unpaired) electrons. The molecule has 5 nitrogen and oxygen atoms in total. The second-order valence-corrected chi connectivity index (χ2v) is 20.4. The van der Waals surface area contributed by atoms with Gasteiger partial charge in [0.2, 0.25) is 0 Å². The van der Waals surface area contributed by atoms with Gasteiger partial charge in [-0.1, -0.05) is 152 Å². The molecule has 4 aliphatic carbocycles. The van der Waals surface area contributed by atoms with Crippen molar-refractivity contribution < 1.29 is 4.42 Å². The van der Waals surface area contributed by atoms with Gasteiger partial charge in [-0.05, 0) is 155 Å². The van der Waals surface area contributed by atoms with E-state index in [1.807, 2.05) is 30.3 Å².